The first-order valence-corrected chi connectivity index (χ1v) is 11.8. The summed E-state index contributed by atoms with van der Waals surface area (Å²) in [6.07, 6.45) is 2.05. The lowest BCUT2D eigenvalue weighted by Crippen LogP contribution is -2.47. The molecule has 0 saturated carbocycles. The van der Waals surface area contributed by atoms with E-state index in [2.05, 4.69) is 35.1 Å². The molecular formula is C24H32N8O3. The quantitative estimate of drug-likeness (QED) is 0.496. The fourth-order valence-electron chi connectivity index (χ4n) is 3.95. The third-order valence-corrected chi connectivity index (χ3v) is 6.07. The molecule has 0 atom stereocenters. The molecule has 186 valence electrons. The van der Waals surface area contributed by atoms with Crippen molar-refractivity contribution in [2.24, 2.45) is 0 Å². The van der Waals surface area contributed by atoms with E-state index in [9.17, 15) is 9.90 Å². The van der Waals surface area contributed by atoms with Gasteiger partial charge in [-0.15, -0.1) is 0 Å². The Morgan fingerprint density at radius 1 is 1.14 bits per heavy atom. The number of carbonyl (C=O) groups is 1. The lowest BCUT2D eigenvalue weighted by molar-refractivity contribution is 0.0997. The number of aromatic nitrogens is 4. The Morgan fingerprint density at radius 3 is 2.51 bits per heavy atom. The van der Waals surface area contributed by atoms with E-state index in [4.69, 9.17) is 4.42 Å². The molecule has 1 saturated heterocycles. The van der Waals surface area contributed by atoms with Crippen molar-refractivity contribution in [1.82, 2.24) is 24.8 Å². The SMILES string of the molecule is CCc1nc(N2CCN(CCO)CC2)nc(N(C)c2ncc(C(=O)Nc3c(C)cccc3C)o2)n1. The number of hydrogen-bond acceptors (Lipinski definition) is 10. The average Bonchev–Trinajstić information content (AvgIpc) is 3.37. The van der Waals surface area contributed by atoms with Crippen LogP contribution in [0.15, 0.2) is 28.8 Å². The number of oxazole rings is 1. The standard InChI is InChI=1S/C24H32N8O3/c1-5-19-26-22(29-23(27-19)32-11-9-31(10-12-32)13-14-33)30(4)24-25-15-18(35-24)21(34)28-20-16(2)7-6-8-17(20)3/h6-8,15,33H,5,9-14H2,1-4H3,(H,28,34). The molecule has 1 amide bonds. The second-order valence-electron chi connectivity index (χ2n) is 8.54. The zero-order chi connectivity index (χ0) is 24.9. The van der Waals surface area contributed by atoms with Crippen LogP contribution in [0, 0.1) is 13.8 Å². The van der Waals surface area contributed by atoms with Crippen molar-refractivity contribution >= 4 is 29.5 Å². The average molecular weight is 481 g/mol. The Hall–Kier alpha value is -3.57. The molecule has 11 heteroatoms. The van der Waals surface area contributed by atoms with Crippen LogP contribution in [-0.2, 0) is 6.42 Å². The summed E-state index contributed by atoms with van der Waals surface area (Å²) in [6, 6.07) is 6.05. The van der Waals surface area contributed by atoms with Gasteiger partial charge in [0.05, 0.1) is 12.8 Å². The molecule has 1 aromatic carbocycles. The van der Waals surface area contributed by atoms with Crippen molar-refractivity contribution in [3.05, 3.63) is 47.1 Å². The third-order valence-electron chi connectivity index (χ3n) is 6.07. The molecule has 2 N–H and O–H groups in total. The van der Waals surface area contributed by atoms with Crippen LogP contribution < -0.4 is 15.1 Å². The number of aliphatic hydroxyl groups excluding tert-OH is 1. The molecule has 0 aliphatic carbocycles. The maximum absolute atomic E-state index is 12.8. The highest BCUT2D eigenvalue weighted by Crippen LogP contribution is 2.24. The zero-order valence-corrected chi connectivity index (χ0v) is 20.7. The number of β-amino-alcohol motifs (C(OH)–C–C–N with tert-alkyl or cyclic N) is 1. The summed E-state index contributed by atoms with van der Waals surface area (Å²) in [7, 11) is 1.75. The van der Waals surface area contributed by atoms with Crippen LogP contribution in [0.1, 0.15) is 34.4 Å². The summed E-state index contributed by atoms with van der Waals surface area (Å²) in [5.41, 5.74) is 2.70. The number of para-hydroxylation sites is 1. The number of nitrogens with zero attached hydrogens (tertiary/aromatic N) is 7. The normalized spacial score (nSPS) is 14.3. The Balaban J connectivity index is 1.51. The van der Waals surface area contributed by atoms with Gasteiger partial charge in [0.15, 0.2) is 0 Å². The lowest BCUT2D eigenvalue weighted by atomic mass is 10.1. The summed E-state index contributed by atoms with van der Waals surface area (Å²) in [6.45, 7) is 9.88. The number of nitrogens with one attached hydrogen (secondary N) is 1. The molecular weight excluding hydrogens is 448 g/mol. The van der Waals surface area contributed by atoms with Crippen LogP contribution in [0.3, 0.4) is 0 Å². The first-order chi connectivity index (χ1) is 16.9. The van der Waals surface area contributed by atoms with Crippen LogP contribution >= 0.6 is 0 Å². The molecule has 0 radical (unpaired) electrons. The topological polar surface area (TPSA) is 124 Å². The van der Waals surface area contributed by atoms with Gasteiger partial charge < -0.3 is 19.7 Å². The van der Waals surface area contributed by atoms with E-state index in [-0.39, 0.29) is 24.3 Å². The molecule has 0 unspecified atom stereocenters. The van der Waals surface area contributed by atoms with Crippen LogP contribution in [-0.4, -0.2) is 82.2 Å². The van der Waals surface area contributed by atoms with E-state index in [1.54, 1.807) is 11.9 Å². The minimum atomic E-state index is -0.374. The van der Waals surface area contributed by atoms with Gasteiger partial charge in [-0.2, -0.15) is 15.0 Å². The van der Waals surface area contributed by atoms with Crippen molar-refractivity contribution in [1.29, 1.82) is 0 Å². The maximum Gasteiger partial charge on any atom is 0.304 e. The number of benzene rings is 1. The van der Waals surface area contributed by atoms with Crippen LogP contribution in [0.25, 0.3) is 0 Å². The van der Waals surface area contributed by atoms with Gasteiger partial charge in [-0.25, -0.2) is 4.98 Å². The Bertz CT molecular complexity index is 1150. The number of aliphatic hydroxyl groups is 1. The molecule has 3 aromatic rings. The van der Waals surface area contributed by atoms with Gasteiger partial charge in [-0.3, -0.25) is 14.6 Å². The molecule has 1 aliphatic heterocycles. The third kappa shape index (κ3) is 5.57. The summed E-state index contributed by atoms with van der Waals surface area (Å²) in [5, 5.41) is 12.1. The molecule has 0 spiro atoms. The molecule has 35 heavy (non-hydrogen) atoms. The Morgan fingerprint density at radius 2 is 1.86 bits per heavy atom. The molecule has 1 aliphatic rings. The number of hydrogen-bond donors (Lipinski definition) is 2. The maximum atomic E-state index is 12.8. The second kappa shape index (κ2) is 10.8. The minimum absolute atomic E-state index is 0.0968. The number of rotatable bonds is 8. The molecule has 4 rings (SSSR count). The molecule has 1 fully saturated rings. The number of anilines is 4. The van der Waals surface area contributed by atoms with E-state index in [0.29, 0.717) is 30.7 Å². The second-order valence-corrected chi connectivity index (χ2v) is 8.54. The van der Waals surface area contributed by atoms with Gasteiger partial charge in [0.2, 0.25) is 17.7 Å². The fourth-order valence-corrected chi connectivity index (χ4v) is 3.95. The van der Waals surface area contributed by atoms with E-state index in [1.807, 2.05) is 39.0 Å². The molecule has 0 bridgehead atoms. The highest BCUT2D eigenvalue weighted by molar-refractivity contribution is 6.03. The zero-order valence-electron chi connectivity index (χ0n) is 20.7. The largest absolute Gasteiger partial charge is 0.418 e. The predicted octanol–water partition coefficient (Wildman–Crippen LogP) is 2.17. The number of aryl methyl sites for hydroxylation is 3. The summed E-state index contributed by atoms with van der Waals surface area (Å²) >= 11 is 0. The van der Waals surface area contributed by atoms with Crippen LogP contribution in [0.5, 0.6) is 0 Å². The fraction of sp³-hybridized carbons (Fsp3) is 0.458. The number of piperazine rings is 1. The summed E-state index contributed by atoms with van der Waals surface area (Å²) in [5.74, 6) is 1.38. The van der Waals surface area contributed by atoms with E-state index in [1.165, 1.54) is 6.20 Å². The van der Waals surface area contributed by atoms with Gasteiger partial charge in [-0.05, 0) is 25.0 Å². The van der Waals surface area contributed by atoms with Crippen molar-refractivity contribution < 1.29 is 14.3 Å². The highest BCUT2D eigenvalue weighted by Gasteiger charge is 2.23. The van der Waals surface area contributed by atoms with E-state index < -0.39 is 0 Å². The lowest BCUT2D eigenvalue weighted by Gasteiger charge is -2.34. The first kappa shape index (κ1) is 24.6. The molecule has 3 heterocycles. The van der Waals surface area contributed by atoms with Crippen LogP contribution in [0.2, 0.25) is 0 Å². The monoisotopic (exact) mass is 480 g/mol. The van der Waals surface area contributed by atoms with Gasteiger partial charge in [-0.1, -0.05) is 25.1 Å². The van der Waals surface area contributed by atoms with Crippen molar-refractivity contribution in [3.63, 3.8) is 0 Å². The van der Waals surface area contributed by atoms with Gasteiger partial charge in [0.1, 0.15) is 5.82 Å². The van der Waals surface area contributed by atoms with Crippen molar-refractivity contribution in [2.75, 3.05) is 61.5 Å². The van der Waals surface area contributed by atoms with Crippen LogP contribution in [0.4, 0.5) is 23.6 Å². The minimum Gasteiger partial charge on any atom is -0.418 e. The summed E-state index contributed by atoms with van der Waals surface area (Å²) < 4.78 is 5.77. The van der Waals surface area contributed by atoms with Gasteiger partial charge in [0.25, 0.3) is 5.91 Å². The Kier molecular flexibility index (Phi) is 7.57. The van der Waals surface area contributed by atoms with Crippen molar-refractivity contribution in [2.45, 2.75) is 27.2 Å². The van der Waals surface area contributed by atoms with Gasteiger partial charge >= 0.3 is 6.01 Å². The predicted molar refractivity (Wildman–Crippen MR) is 133 cm³/mol. The molecule has 11 nitrogen and oxygen atoms in total. The van der Waals surface area contributed by atoms with E-state index in [0.717, 1.165) is 43.0 Å². The first-order valence-electron chi connectivity index (χ1n) is 11.8. The van der Waals surface area contributed by atoms with E-state index >= 15 is 0 Å². The number of carbonyl (C=O) groups excluding carboxylic acids is 1. The van der Waals surface area contributed by atoms with Gasteiger partial charge in [0, 0.05) is 51.9 Å². The number of amides is 1. The smallest absolute Gasteiger partial charge is 0.304 e. The van der Waals surface area contributed by atoms with Crippen molar-refractivity contribution in [3.8, 4) is 0 Å². The summed E-state index contributed by atoms with van der Waals surface area (Å²) in [4.78, 5) is 36.8. The molecule has 2 aromatic heterocycles. The highest BCUT2D eigenvalue weighted by atomic mass is 16.4. The Labute approximate surface area is 204 Å².